The number of hydrogen-bond donors (Lipinski definition) is 1. The van der Waals surface area contributed by atoms with Crippen molar-refractivity contribution in [1.29, 1.82) is 0 Å². The highest BCUT2D eigenvalue weighted by molar-refractivity contribution is 7.10. The van der Waals surface area contributed by atoms with Gasteiger partial charge in [-0.1, -0.05) is 26.8 Å². The molecule has 2 atom stereocenters. The predicted octanol–water partition coefficient (Wildman–Crippen LogP) is 2.58. The van der Waals surface area contributed by atoms with E-state index in [1.807, 2.05) is 6.07 Å². The lowest BCUT2D eigenvalue weighted by molar-refractivity contribution is -0.140. The standard InChI is InChI=1S/C11H15NOS/c1-11(2,3)8-9(12-10(8)13)7-5-4-6-14-7/h4-6,8-9H,1-3H3,(H,12,13). The molecule has 0 saturated carbocycles. The topological polar surface area (TPSA) is 29.1 Å². The monoisotopic (exact) mass is 209 g/mol. The first-order valence-corrected chi connectivity index (χ1v) is 5.72. The molecule has 2 rings (SSSR count). The van der Waals surface area contributed by atoms with Crippen molar-refractivity contribution in [2.75, 3.05) is 0 Å². The van der Waals surface area contributed by atoms with Crippen molar-refractivity contribution in [2.45, 2.75) is 26.8 Å². The average molecular weight is 209 g/mol. The molecule has 2 nitrogen and oxygen atoms in total. The molecule has 14 heavy (non-hydrogen) atoms. The molecule has 1 aromatic heterocycles. The minimum absolute atomic E-state index is 0.0526. The number of amides is 1. The molecule has 1 N–H and O–H groups in total. The maximum absolute atomic E-state index is 11.5. The van der Waals surface area contributed by atoms with E-state index in [1.54, 1.807) is 11.3 Å². The number of carbonyl (C=O) groups is 1. The molecule has 0 aromatic carbocycles. The van der Waals surface area contributed by atoms with Crippen LogP contribution in [-0.4, -0.2) is 5.91 Å². The highest BCUT2D eigenvalue weighted by Crippen LogP contribution is 2.43. The van der Waals surface area contributed by atoms with Gasteiger partial charge < -0.3 is 5.32 Å². The van der Waals surface area contributed by atoms with Gasteiger partial charge in [-0.2, -0.15) is 0 Å². The third-order valence-corrected chi connectivity index (χ3v) is 3.65. The zero-order valence-electron chi connectivity index (χ0n) is 8.70. The smallest absolute Gasteiger partial charge is 0.226 e. The summed E-state index contributed by atoms with van der Waals surface area (Å²) in [6.45, 7) is 6.37. The zero-order chi connectivity index (χ0) is 10.3. The maximum atomic E-state index is 11.5. The normalized spacial score (nSPS) is 26.9. The van der Waals surface area contributed by atoms with Gasteiger partial charge in [0.15, 0.2) is 0 Å². The first-order chi connectivity index (χ1) is 6.50. The van der Waals surface area contributed by atoms with Crippen LogP contribution in [0.25, 0.3) is 0 Å². The minimum atomic E-state index is 0.0526. The summed E-state index contributed by atoms with van der Waals surface area (Å²) in [7, 11) is 0. The molecule has 1 aliphatic rings. The molecule has 0 aliphatic carbocycles. The van der Waals surface area contributed by atoms with Gasteiger partial charge in [-0.3, -0.25) is 4.79 Å². The summed E-state index contributed by atoms with van der Waals surface area (Å²) in [5.41, 5.74) is 0.0526. The third kappa shape index (κ3) is 1.46. The first-order valence-electron chi connectivity index (χ1n) is 4.84. The number of β-lactam (4-membered cyclic amide) rings is 1. The number of rotatable bonds is 1. The zero-order valence-corrected chi connectivity index (χ0v) is 9.52. The Labute approximate surface area is 88.3 Å². The van der Waals surface area contributed by atoms with Gasteiger partial charge in [-0.15, -0.1) is 11.3 Å². The molecule has 1 aromatic rings. The van der Waals surface area contributed by atoms with E-state index in [9.17, 15) is 4.79 Å². The van der Waals surface area contributed by atoms with Crippen LogP contribution in [0, 0.1) is 11.3 Å². The van der Waals surface area contributed by atoms with E-state index in [0.29, 0.717) is 0 Å². The molecule has 1 saturated heterocycles. The molecule has 1 fully saturated rings. The molecule has 0 radical (unpaired) electrons. The van der Waals surface area contributed by atoms with Gasteiger partial charge in [0.1, 0.15) is 0 Å². The van der Waals surface area contributed by atoms with Gasteiger partial charge in [0.2, 0.25) is 5.91 Å². The second kappa shape index (κ2) is 3.09. The lowest BCUT2D eigenvalue weighted by Crippen LogP contribution is -2.56. The Kier molecular flexibility index (Phi) is 2.14. The van der Waals surface area contributed by atoms with Crippen LogP contribution in [0.1, 0.15) is 31.7 Å². The molecule has 1 amide bonds. The van der Waals surface area contributed by atoms with Crippen LogP contribution in [0.4, 0.5) is 0 Å². The van der Waals surface area contributed by atoms with E-state index in [-0.39, 0.29) is 23.3 Å². The Morgan fingerprint density at radius 2 is 2.14 bits per heavy atom. The Morgan fingerprint density at radius 1 is 1.43 bits per heavy atom. The number of nitrogens with one attached hydrogen (secondary N) is 1. The van der Waals surface area contributed by atoms with Crippen LogP contribution in [0.2, 0.25) is 0 Å². The minimum Gasteiger partial charge on any atom is -0.347 e. The quantitative estimate of drug-likeness (QED) is 0.708. The van der Waals surface area contributed by atoms with Gasteiger partial charge in [0.25, 0.3) is 0 Å². The Balaban J connectivity index is 2.21. The number of hydrogen-bond acceptors (Lipinski definition) is 2. The molecule has 3 heteroatoms. The number of thiophene rings is 1. The molecule has 76 valence electrons. The fourth-order valence-electron chi connectivity index (χ4n) is 1.98. The van der Waals surface area contributed by atoms with Gasteiger partial charge in [-0.05, 0) is 16.9 Å². The van der Waals surface area contributed by atoms with E-state index in [1.165, 1.54) is 4.88 Å². The summed E-state index contributed by atoms with van der Waals surface area (Å²) in [5, 5.41) is 5.03. The summed E-state index contributed by atoms with van der Waals surface area (Å²) in [4.78, 5) is 12.7. The molecular weight excluding hydrogens is 194 g/mol. The fraction of sp³-hybridized carbons (Fsp3) is 0.545. The second-order valence-electron chi connectivity index (χ2n) is 4.85. The van der Waals surface area contributed by atoms with E-state index >= 15 is 0 Å². The largest absolute Gasteiger partial charge is 0.347 e. The van der Waals surface area contributed by atoms with Crippen LogP contribution < -0.4 is 5.32 Å². The third-order valence-electron chi connectivity index (χ3n) is 2.70. The average Bonchev–Trinajstić information content (AvgIpc) is 2.47. The fourth-order valence-corrected chi connectivity index (χ4v) is 2.79. The second-order valence-corrected chi connectivity index (χ2v) is 5.82. The van der Waals surface area contributed by atoms with Crippen molar-refractivity contribution < 1.29 is 4.79 Å². The van der Waals surface area contributed by atoms with Gasteiger partial charge in [0, 0.05) is 4.88 Å². The van der Waals surface area contributed by atoms with Crippen molar-refractivity contribution in [3.05, 3.63) is 22.4 Å². The SMILES string of the molecule is CC(C)(C)C1C(=O)NC1c1cccs1. The first kappa shape index (κ1) is 9.71. The summed E-state index contributed by atoms with van der Waals surface area (Å²) < 4.78 is 0. The van der Waals surface area contributed by atoms with Gasteiger partial charge >= 0.3 is 0 Å². The Morgan fingerprint density at radius 3 is 2.57 bits per heavy atom. The summed E-state index contributed by atoms with van der Waals surface area (Å²) in [6, 6.07) is 4.36. The highest BCUT2D eigenvalue weighted by atomic mass is 32.1. The van der Waals surface area contributed by atoms with Gasteiger partial charge in [-0.25, -0.2) is 0 Å². The van der Waals surface area contributed by atoms with Crippen LogP contribution in [0.15, 0.2) is 17.5 Å². The van der Waals surface area contributed by atoms with Crippen LogP contribution in [0.5, 0.6) is 0 Å². The Bertz CT molecular complexity index is 337. The van der Waals surface area contributed by atoms with Crippen molar-refractivity contribution in [1.82, 2.24) is 5.32 Å². The predicted molar refractivity (Wildman–Crippen MR) is 58.1 cm³/mol. The molecule has 2 heterocycles. The van der Waals surface area contributed by atoms with E-state index in [0.717, 1.165) is 0 Å². The summed E-state index contributed by atoms with van der Waals surface area (Å²) in [6.07, 6.45) is 0. The van der Waals surface area contributed by atoms with E-state index < -0.39 is 0 Å². The van der Waals surface area contributed by atoms with E-state index in [2.05, 4.69) is 37.5 Å². The van der Waals surface area contributed by atoms with Crippen LogP contribution in [0.3, 0.4) is 0 Å². The highest BCUT2D eigenvalue weighted by Gasteiger charge is 2.47. The van der Waals surface area contributed by atoms with E-state index in [4.69, 9.17) is 0 Å². The molecule has 2 unspecified atom stereocenters. The van der Waals surface area contributed by atoms with Crippen molar-refractivity contribution in [2.24, 2.45) is 11.3 Å². The molecule has 0 spiro atoms. The summed E-state index contributed by atoms with van der Waals surface area (Å²) in [5.74, 6) is 0.317. The molecular formula is C11H15NOS. The molecule has 1 aliphatic heterocycles. The van der Waals surface area contributed by atoms with Crippen LogP contribution in [-0.2, 0) is 4.79 Å². The van der Waals surface area contributed by atoms with Crippen molar-refractivity contribution >= 4 is 17.2 Å². The van der Waals surface area contributed by atoms with Crippen molar-refractivity contribution in [3.63, 3.8) is 0 Å². The molecule has 0 bridgehead atoms. The van der Waals surface area contributed by atoms with Gasteiger partial charge in [0.05, 0.1) is 12.0 Å². The van der Waals surface area contributed by atoms with Crippen LogP contribution >= 0.6 is 11.3 Å². The lowest BCUT2D eigenvalue weighted by Gasteiger charge is -2.44. The van der Waals surface area contributed by atoms with Crippen molar-refractivity contribution in [3.8, 4) is 0 Å². The number of carbonyl (C=O) groups excluding carboxylic acids is 1. The summed E-state index contributed by atoms with van der Waals surface area (Å²) >= 11 is 1.71. The lowest BCUT2D eigenvalue weighted by atomic mass is 9.71. The maximum Gasteiger partial charge on any atom is 0.226 e. The Hall–Kier alpha value is -0.830.